The summed E-state index contributed by atoms with van der Waals surface area (Å²) in [4.78, 5) is 24.6. The van der Waals surface area contributed by atoms with Crippen molar-refractivity contribution in [3.63, 3.8) is 0 Å². The van der Waals surface area contributed by atoms with Crippen LogP contribution >= 0.6 is 0 Å². The Morgan fingerprint density at radius 3 is 2.74 bits per heavy atom. The molecule has 23 heavy (non-hydrogen) atoms. The lowest BCUT2D eigenvalue weighted by molar-refractivity contribution is -0.132. The molecule has 0 unspecified atom stereocenters. The number of ether oxygens (including phenoxy) is 1. The summed E-state index contributed by atoms with van der Waals surface area (Å²) >= 11 is 0. The molecule has 1 aliphatic carbocycles. The molecular formula is C16H19N3O4. The fourth-order valence-electron chi connectivity index (χ4n) is 3.10. The Morgan fingerprint density at radius 1 is 1.30 bits per heavy atom. The molecule has 1 spiro atoms. The van der Waals surface area contributed by atoms with Crippen LogP contribution < -0.4 is 10.1 Å². The normalized spacial score (nSPS) is 20.3. The van der Waals surface area contributed by atoms with Crippen LogP contribution in [0.25, 0.3) is 0 Å². The average Bonchev–Trinajstić information content (AvgIpc) is 2.78. The van der Waals surface area contributed by atoms with E-state index in [0.29, 0.717) is 24.2 Å². The van der Waals surface area contributed by atoms with E-state index in [9.17, 15) is 14.7 Å². The standard InChI is InChI=1S/C16H19N3O4/c1-23-13-9-11(5-6-12(13)20)10-17-19-14(21)16(18-15(19)22)7-3-2-4-8-16/h5-6,9-10,20H,2-4,7-8H2,1H3,(H,18,22). The van der Waals surface area contributed by atoms with Gasteiger partial charge in [0.25, 0.3) is 5.91 Å². The molecule has 2 aliphatic rings. The van der Waals surface area contributed by atoms with Crippen molar-refractivity contribution in [3.8, 4) is 11.5 Å². The lowest BCUT2D eigenvalue weighted by Gasteiger charge is -2.29. The molecule has 3 amide bonds. The lowest BCUT2D eigenvalue weighted by atomic mass is 9.82. The van der Waals surface area contributed by atoms with Gasteiger partial charge in [0.2, 0.25) is 0 Å². The second-order valence-corrected chi connectivity index (χ2v) is 5.87. The zero-order valence-electron chi connectivity index (χ0n) is 12.9. The van der Waals surface area contributed by atoms with Gasteiger partial charge in [0.15, 0.2) is 11.5 Å². The zero-order chi connectivity index (χ0) is 16.4. The number of carbonyl (C=O) groups is 2. The van der Waals surface area contributed by atoms with Crippen molar-refractivity contribution >= 4 is 18.2 Å². The number of rotatable bonds is 3. The summed E-state index contributed by atoms with van der Waals surface area (Å²) in [6, 6.07) is 4.18. The third-order valence-corrected chi connectivity index (χ3v) is 4.37. The number of phenolic OH excluding ortho intramolecular Hbond substituents is 1. The van der Waals surface area contributed by atoms with Crippen LogP contribution in [0.2, 0.25) is 0 Å². The minimum atomic E-state index is -0.778. The summed E-state index contributed by atoms with van der Waals surface area (Å²) in [6.07, 6.45) is 5.67. The van der Waals surface area contributed by atoms with Crippen LogP contribution in [0.1, 0.15) is 37.7 Å². The van der Waals surface area contributed by atoms with Crippen molar-refractivity contribution < 1.29 is 19.4 Å². The Hall–Kier alpha value is -2.57. The van der Waals surface area contributed by atoms with E-state index < -0.39 is 11.6 Å². The molecule has 1 aliphatic heterocycles. The average molecular weight is 317 g/mol. The lowest BCUT2D eigenvalue weighted by Crippen LogP contribution is -2.48. The summed E-state index contributed by atoms with van der Waals surface area (Å²) in [5.41, 5.74) is -0.163. The number of phenols is 1. The molecule has 3 rings (SSSR count). The van der Waals surface area contributed by atoms with Gasteiger partial charge in [-0.2, -0.15) is 5.10 Å². The Morgan fingerprint density at radius 2 is 2.04 bits per heavy atom. The van der Waals surface area contributed by atoms with Gasteiger partial charge in [0.05, 0.1) is 13.3 Å². The number of nitrogens with zero attached hydrogens (tertiary/aromatic N) is 2. The molecule has 0 radical (unpaired) electrons. The van der Waals surface area contributed by atoms with Gasteiger partial charge < -0.3 is 15.2 Å². The van der Waals surface area contributed by atoms with Crippen LogP contribution in [-0.4, -0.2) is 40.9 Å². The second kappa shape index (κ2) is 5.91. The predicted molar refractivity (Wildman–Crippen MR) is 83.4 cm³/mol. The van der Waals surface area contributed by atoms with E-state index in [1.54, 1.807) is 12.1 Å². The van der Waals surface area contributed by atoms with Crippen molar-refractivity contribution in [2.24, 2.45) is 5.10 Å². The molecule has 1 saturated carbocycles. The largest absolute Gasteiger partial charge is 0.504 e. The predicted octanol–water partition coefficient (Wildman–Crippen LogP) is 1.99. The Bertz CT molecular complexity index is 665. The highest BCUT2D eigenvalue weighted by Gasteiger charge is 2.51. The zero-order valence-corrected chi connectivity index (χ0v) is 12.9. The molecule has 7 nitrogen and oxygen atoms in total. The van der Waals surface area contributed by atoms with E-state index >= 15 is 0 Å². The van der Waals surface area contributed by atoms with Crippen molar-refractivity contribution in [1.29, 1.82) is 0 Å². The summed E-state index contributed by atoms with van der Waals surface area (Å²) in [7, 11) is 1.44. The number of carbonyl (C=O) groups excluding carboxylic acids is 2. The first-order valence-electron chi connectivity index (χ1n) is 7.63. The molecule has 0 atom stereocenters. The van der Waals surface area contributed by atoms with E-state index in [4.69, 9.17) is 4.74 Å². The number of urea groups is 1. The minimum absolute atomic E-state index is 0.0146. The van der Waals surface area contributed by atoms with Gasteiger partial charge in [0.1, 0.15) is 5.54 Å². The summed E-state index contributed by atoms with van der Waals surface area (Å²) in [5.74, 6) is 0.0277. The van der Waals surface area contributed by atoms with Gasteiger partial charge in [-0.25, -0.2) is 4.79 Å². The summed E-state index contributed by atoms with van der Waals surface area (Å²) in [6.45, 7) is 0. The van der Waals surface area contributed by atoms with E-state index in [2.05, 4.69) is 10.4 Å². The number of methoxy groups -OCH3 is 1. The van der Waals surface area contributed by atoms with Crippen molar-refractivity contribution in [2.75, 3.05) is 7.11 Å². The highest BCUT2D eigenvalue weighted by atomic mass is 16.5. The molecule has 2 N–H and O–H groups in total. The monoisotopic (exact) mass is 317 g/mol. The summed E-state index contributed by atoms with van der Waals surface area (Å²) in [5, 5.41) is 17.3. The third kappa shape index (κ3) is 2.74. The number of aromatic hydroxyl groups is 1. The van der Waals surface area contributed by atoms with Crippen LogP contribution in [0.3, 0.4) is 0 Å². The highest BCUT2D eigenvalue weighted by Crippen LogP contribution is 2.33. The van der Waals surface area contributed by atoms with Crippen molar-refractivity contribution in [3.05, 3.63) is 23.8 Å². The van der Waals surface area contributed by atoms with Crippen LogP contribution in [-0.2, 0) is 4.79 Å². The number of hydrogen-bond donors (Lipinski definition) is 2. The molecule has 1 aromatic carbocycles. The van der Waals surface area contributed by atoms with Gasteiger partial charge in [-0.05, 0) is 36.6 Å². The second-order valence-electron chi connectivity index (χ2n) is 5.87. The number of hydrazone groups is 1. The maximum absolute atomic E-state index is 12.6. The number of nitrogens with one attached hydrogen (secondary N) is 1. The first-order chi connectivity index (χ1) is 11.1. The number of benzene rings is 1. The van der Waals surface area contributed by atoms with Crippen molar-refractivity contribution in [2.45, 2.75) is 37.6 Å². The Kier molecular flexibility index (Phi) is 3.94. The SMILES string of the molecule is COc1cc(C=NN2C(=O)NC3(CCCCC3)C2=O)ccc1O. The van der Waals surface area contributed by atoms with Crippen molar-refractivity contribution in [1.82, 2.24) is 10.3 Å². The first kappa shape index (κ1) is 15.3. The Balaban J connectivity index is 1.79. The molecule has 122 valence electrons. The third-order valence-electron chi connectivity index (χ3n) is 4.37. The van der Waals surface area contributed by atoms with Gasteiger partial charge in [0, 0.05) is 0 Å². The van der Waals surface area contributed by atoms with Gasteiger partial charge in [-0.15, -0.1) is 5.01 Å². The number of amides is 3. The summed E-state index contributed by atoms with van der Waals surface area (Å²) < 4.78 is 5.02. The fraction of sp³-hybridized carbons (Fsp3) is 0.438. The molecule has 0 bridgehead atoms. The smallest absolute Gasteiger partial charge is 0.346 e. The molecule has 1 heterocycles. The van der Waals surface area contributed by atoms with Gasteiger partial charge in [-0.1, -0.05) is 19.3 Å². The van der Waals surface area contributed by atoms with E-state index in [0.717, 1.165) is 24.3 Å². The van der Waals surface area contributed by atoms with Gasteiger partial charge in [-0.3, -0.25) is 4.79 Å². The van der Waals surface area contributed by atoms with Crippen LogP contribution in [0.15, 0.2) is 23.3 Å². The number of hydrogen-bond acceptors (Lipinski definition) is 5. The van der Waals surface area contributed by atoms with Crippen LogP contribution in [0, 0.1) is 0 Å². The maximum Gasteiger partial charge on any atom is 0.346 e. The molecule has 7 heteroatoms. The Labute approximate surface area is 133 Å². The topological polar surface area (TPSA) is 91.2 Å². The molecular weight excluding hydrogens is 298 g/mol. The highest BCUT2D eigenvalue weighted by molar-refractivity contribution is 6.07. The molecule has 0 aromatic heterocycles. The minimum Gasteiger partial charge on any atom is -0.504 e. The maximum atomic E-state index is 12.6. The van der Waals surface area contributed by atoms with E-state index in [1.807, 2.05) is 0 Å². The van der Waals surface area contributed by atoms with Crippen LogP contribution in [0.4, 0.5) is 4.79 Å². The van der Waals surface area contributed by atoms with Crippen LogP contribution in [0.5, 0.6) is 11.5 Å². The fourth-order valence-corrected chi connectivity index (χ4v) is 3.10. The molecule has 1 aromatic rings. The quantitative estimate of drug-likeness (QED) is 0.659. The first-order valence-corrected chi connectivity index (χ1v) is 7.63. The molecule has 2 fully saturated rings. The number of imide groups is 1. The van der Waals surface area contributed by atoms with E-state index in [-0.39, 0.29) is 11.7 Å². The van der Waals surface area contributed by atoms with Gasteiger partial charge >= 0.3 is 6.03 Å². The van der Waals surface area contributed by atoms with E-state index in [1.165, 1.54) is 19.4 Å². The molecule has 1 saturated heterocycles.